The van der Waals surface area contributed by atoms with Crippen LogP contribution in [0.1, 0.15) is 32.0 Å². The van der Waals surface area contributed by atoms with E-state index < -0.39 is 17.6 Å². The van der Waals surface area contributed by atoms with E-state index in [-0.39, 0.29) is 24.6 Å². The summed E-state index contributed by atoms with van der Waals surface area (Å²) in [6, 6.07) is 13.6. The second-order valence-electron chi connectivity index (χ2n) is 7.49. The predicted octanol–water partition coefficient (Wildman–Crippen LogP) is 4.16. The van der Waals surface area contributed by atoms with Crippen LogP contribution in [0.5, 0.6) is 0 Å². The third-order valence-electron chi connectivity index (χ3n) is 5.37. The zero-order chi connectivity index (χ0) is 22.2. The molecule has 31 heavy (non-hydrogen) atoms. The molecule has 160 valence electrons. The number of carbonyl (C=O) groups excluding carboxylic acids is 2. The van der Waals surface area contributed by atoms with E-state index in [0.29, 0.717) is 18.7 Å². The van der Waals surface area contributed by atoms with Gasteiger partial charge in [0.2, 0.25) is 0 Å². The molecule has 0 saturated carbocycles. The molecule has 0 unspecified atom stereocenters. The van der Waals surface area contributed by atoms with Crippen molar-refractivity contribution in [3.8, 4) is 0 Å². The van der Waals surface area contributed by atoms with Gasteiger partial charge < -0.3 is 9.80 Å². The largest absolute Gasteiger partial charge is 0.416 e. The molecular weight excluding hydrogens is 407 g/mol. The molecule has 0 spiro atoms. The molecule has 1 aromatic heterocycles. The zero-order valence-corrected chi connectivity index (χ0v) is 16.8. The van der Waals surface area contributed by atoms with Gasteiger partial charge in [0.1, 0.15) is 0 Å². The molecule has 1 saturated heterocycles. The fraction of sp³-hybridized carbons (Fsp3) is 0.261. The number of nitrogens with zero attached hydrogens (tertiary/aromatic N) is 3. The molecule has 0 atom stereocenters. The van der Waals surface area contributed by atoms with E-state index in [2.05, 4.69) is 4.98 Å². The van der Waals surface area contributed by atoms with Crippen LogP contribution < -0.4 is 0 Å². The van der Waals surface area contributed by atoms with Gasteiger partial charge in [-0.05, 0) is 37.3 Å². The van der Waals surface area contributed by atoms with Crippen LogP contribution >= 0.6 is 0 Å². The molecule has 0 radical (unpaired) electrons. The number of alkyl halides is 3. The maximum absolute atomic E-state index is 13.1. The van der Waals surface area contributed by atoms with E-state index in [1.165, 1.54) is 17.0 Å². The fourth-order valence-corrected chi connectivity index (χ4v) is 3.78. The first-order valence-corrected chi connectivity index (χ1v) is 9.86. The van der Waals surface area contributed by atoms with Crippen molar-refractivity contribution < 1.29 is 22.8 Å². The van der Waals surface area contributed by atoms with Gasteiger partial charge in [0.15, 0.2) is 0 Å². The number of carbonyl (C=O) groups is 2. The second-order valence-corrected chi connectivity index (χ2v) is 7.49. The van der Waals surface area contributed by atoms with Crippen molar-refractivity contribution >= 4 is 22.7 Å². The standard InChI is InChI=1S/C23H20F3N3O2/c1-15-13-19(18-7-2-3-8-20(18)27-15)22(31)29-11-9-28(10-12-29)21(30)16-5-4-6-17(14-16)23(24,25)26/h2-8,13-14H,9-12H2,1H3. The van der Waals surface area contributed by atoms with E-state index in [0.717, 1.165) is 28.7 Å². The minimum Gasteiger partial charge on any atom is -0.335 e. The quantitative estimate of drug-likeness (QED) is 0.617. The highest BCUT2D eigenvalue weighted by atomic mass is 19.4. The summed E-state index contributed by atoms with van der Waals surface area (Å²) in [6.07, 6.45) is -4.51. The van der Waals surface area contributed by atoms with Crippen molar-refractivity contribution in [3.63, 3.8) is 0 Å². The molecule has 5 nitrogen and oxygen atoms in total. The Morgan fingerprint density at radius 3 is 2.19 bits per heavy atom. The number of rotatable bonds is 2. The Morgan fingerprint density at radius 1 is 0.871 bits per heavy atom. The number of benzene rings is 2. The number of hydrogen-bond donors (Lipinski definition) is 0. The molecule has 0 N–H and O–H groups in total. The summed E-state index contributed by atoms with van der Waals surface area (Å²) < 4.78 is 38.8. The number of pyridine rings is 1. The van der Waals surface area contributed by atoms with Crippen LogP contribution in [0.4, 0.5) is 13.2 Å². The van der Waals surface area contributed by atoms with E-state index >= 15 is 0 Å². The lowest BCUT2D eigenvalue weighted by molar-refractivity contribution is -0.137. The highest BCUT2D eigenvalue weighted by Gasteiger charge is 2.32. The van der Waals surface area contributed by atoms with Crippen molar-refractivity contribution in [1.82, 2.24) is 14.8 Å². The van der Waals surface area contributed by atoms with E-state index in [1.54, 1.807) is 11.0 Å². The first kappa shape index (κ1) is 20.8. The van der Waals surface area contributed by atoms with Gasteiger partial charge in [-0.2, -0.15) is 13.2 Å². The summed E-state index contributed by atoms with van der Waals surface area (Å²) in [4.78, 5) is 33.4. The number of para-hydroxylation sites is 1. The summed E-state index contributed by atoms with van der Waals surface area (Å²) in [6.45, 7) is 2.94. The lowest BCUT2D eigenvalue weighted by Gasteiger charge is -2.35. The molecule has 3 aromatic rings. The number of fused-ring (bicyclic) bond motifs is 1. The van der Waals surface area contributed by atoms with Crippen LogP contribution in [0, 0.1) is 6.92 Å². The van der Waals surface area contributed by atoms with Crippen molar-refractivity contribution in [2.75, 3.05) is 26.2 Å². The van der Waals surface area contributed by atoms with Crippen LogP contribution in [-0.4, -0.2) is 52.8 Å². The first-order valence-electron chi connectivity index (χ1n) is 9.86. The fourth-order valence-electron chi connectivity index (χ4n) is 3.78. The average Bonchev–Trinajstić information content (AvgIpc) is 2.77. The second kappa shape index (κ2) is 8.02. The monoisotopic (exact) mass is 427 g/mol. The lowest BCUT2D eigenvalue weighted by Crippen LogP contribution is -2.50. The Hall–Kier alpha value is -3.42. The highest BCUT2D eigenvalue weighted by Crippen LogP contribution is 2.30. The number of hydrogen-bond acceptors (Lipinski definition) is 3. The van der Waals surface area contributed by atoms with Crippen molar-refractivity contribution in [2.45, 2.75) is 13.1 Å². The van der Waals surface area contributed by atoms with Gasteiger partial charge in [-0.3, -0.25) is 14.6 Å². The summed E-state index contributed by atoms with van der Waals surface area (Å²) in [5.74, 6) is -0.615. The number of halogens is 3. The molecule has 2 amide bonds. The molecule has 0 aliphatic carbocycles. The number of piperazine rings is 1. The van der Waals surface area contributed by atoms with Crippen LogP contribution in [0.25, 0.3) is 10.9 Å². The van der Waals surface area contributed by atoms with Gasteiger partial charge in [0, 0.05) is 42.8 Å². The zero-order valence-electron chi connectivity index (χ0n) is 16.8. The van der Waals surface area contributed by atoms with Gasteiger partial charge in [0.05, 0.1) is 16.6 Å². The molecule has 2 heterocycles. The minimum absolute atomic E-state index is 0.00893. The van der Waals surface area contributed by atoms with Gasteiger partial charge in [-0.1, -0.05) is 24.3 Å². The maximum Gasteiger partial charge on any atom is 0.416 e. The van der Waals surface area contributed by atoms with Crippen LogP contribution in [0.2, 0.25) is 0 Å². The third-order valence-corrected chi connectivity index (χ3v) is 5.37. The first-order chi connectivity index (χ1) is 14.7. The average molecular weight is 427 g/mol. The maximum atomic E-state index is 13.1. The number of aromatic nitrogens is 1. The molecule has 2 aromatic carbocycles. The Morgan fingerprint density at radius 2 is 1.52 bits per heavy atom. The van der Waals surface area contributed by atoms with Gasteiger partial charge in [0.25, 0.3) is 11.8 Å². The molecule has 0 bridgehead atoms. The predicted molar refractivity (Wildman–Crippen MR) is 110 cm³/mol. The molecular formula is C23H20F3N3O2. The summed E-state index contributed by atoms with van der Waals surface area (Å²) in [5.41, 5.74) is 1.17. The Bertz CT molecular complexity index is 1150. The van der Waals surface area contributed by atoms with Gasteiger partial charge >= 0.3 is 6.18 Å². The van der Waals surface area contributed by atoms with Gasteiger partial charge in [-0.25, -0.2) is 0 Å². The van der Waals surface area contributed by atoms with Crippen LogP contribution in [0.3, 0.4) is 0 Å². The van der Waals surface area contributed by atoms with Crippen LogP contribution in [-0.2, 0) is 6.18 Å². The minimum atomic E-state index is -4.51. The summed E-state index contributed by atoms with van der Waals surface area (Å²) in [5, 5.41) is 0.764. The van der Waals surface area contributed by atoms with Gasteiger partial charge in [-0.15, -0.1) is 0 Å². The Kier molecular flexibility index (Phi) is 5.39. The molecule has 1 aliphatic rings. The smallest absolute Gasteiger partial charge is 0.335 e. The third kappa shape index (κ3) is 4.23. The number of amides is 2. The van der Waals surface area contributed by atoms with E-state index in [4.69, 9.17) is 0 Å². The van der Waals surface area contributed by atoms with E-state index in [1.807, 2.05) is 31.2 Å². The SMILES string of the molecule is Cc1cc(C(=O)N2CCN(C(=O)c3cccc(C(F)(F)F)c3)CC2)c2ccccc2n1. The summed E-state index contributed by atoms with van der Waals surface area (Å²) >= 11 is 0. The van der Waals surface area contributed by atoms with E-state index in [9.17, 15) is 22.8 Å². The normalized spacial score (nSPS) is 14.7. The topological polar surface area (TPSA) is 53.5 Å². The highest BCUT2D eigenvalue weighted by molar-refractivity contribution is 6.06. The molecule has 4 rings (SSSR count). The Balaban J connectivity index is 1.48. The summed E-state index contributed by atoms with van der Waals surface area (Å²) in [7, 11) is 0. The van der Waals surface area contributed by atoms with Crippen molar-refractivity contribution in [3.05, 3.63) is 77.0 Å². The number of aryl methyl sites for hydroxylation is 1. The Labute approximate surface area is 177 Å². The molecule has 8 heteroatoms. The molecule has 1 aliphatic heterocycles. The van der Waals surface area contributed by atoms with Crippen molar-refractivity contribution in [2.24, 2.45) is 0 Å². The van der Waals surface area contributed by atoms with Crippen LogP contribution in [0.15, 0.2) is 54.6 Å². The lowest BCUT2D eigenvalue weighted by atomic mass is 10.1. The van der Waals surface area contributed by atoms with Crippen molar-refractivity contribution in [1.29, 1.82) is 0 Å². The molecule has 1 fully saturated rings.